The molecule has 0 saturated carbocycles. The van der Waals surface area contributed by atoms with Crippen molar-refractivity contribution in [2.45, 2.75) is 13.2 Å². The highest BCUT2D eigenvalue weighted by Gasteiger charge is 1.99. The number of ether oxygens (including phenoxy) is 2. The van der Waals surface area contributed by atoms with E-state index in [-0.39, 0.29) is 0 Å². The van der Waals surface area contributed by atoms with Gasteiger partial charge in [-0.1, -0.05) is 47.5 Å². The molecule has 3 aromatic carbocycles. The van der Waals surface area contributed by atoms with Crippen LogP contribution in [-0.2, 0) is 13.2 Å². The molecule has 0 N–H and O–H groups in total. The summed E-state index contributed by atoms with van der Waals surface area (Å²) in [7, 11) is 0. The van der Waals surface area contributed by atoms with Gasteiger partial charge in [0.25, 0.3) is 0 Å². The average Bonchev–Trinajstić information content (AvgIpc) is 2.62. The molecule has 122 valence electrons. The molecule has 0 saturated heterocycles. The maximum Gasteiger partial charge on any atom is 0.119 e. The molecular formula is C20H16Cl2O2. The standard InChI is InChI=1S/C20H16Cl2O2/c21-17-5-9-19(10-6-17)23-13-15-1-2-16(4-3-15)14-24-20-11-7-18(22)8-12-20/h1-12H,13-14H2. The van der Waals surface area contributed by atoms with Crippen LogP contribution >= 0.6 is 23.2 Å². The summed E-state index contributed by atoms with van der Waals surface area (Å²) in [6, 6.07) is 22.8. The summed E-state index contributed by atoms with van der Waals surface area (Å²) in [6.07, 6.45) is 0. The van der Waals surface area contributed by atoms with Gasteiger partial charge in [-0.3, -0.25) is 0 Å². The molecule has 24 heavy (non-hydrogen) atoms. The first-order valence-corrected chi connectivity index (χ1v) is 8.29. The lowest BCUT2D eigenvalue weighted by atomic mass is 10.1. The summed E-state index contributed by atoms with van der Waals surface area (Å²) in [5, 5.41) is 1.40. The van der Waals surface area contributed by atoms with E-state index < -0.39 is 0 Å². The van der Waals surface area contributed by atoms with E-state index in [0.29, 0.717) is 23.3 Å². The zero-order valence-corrected chi connectivity index (χ0v) is 14.4. The molecule has 2 nitrogen and oxygen atoms in total. The smallest absolute Gasteiger partial charge is 0.119 e. The van der Waals surface area contributed by atoms with E-state index >= 15 is 0 Å². The summed E-state index contributed by atoms with van der Waals surface area (Å²) >= 11 is 11.7. The van der Waals surface area contributed by atoms with Crippen LogP contribution in [0.25, 0.3) is 0 Å². The Bertz CT molecular complexity index is 698. The molecule has 0 atom stereocenters. The number of halogens is 2. The van der Waals surface area contributed by atoms with E-state index in [0.717, 1.165) is 22.6 Å². The third-order valence-corrected chi connectivity index (χ3v) is 3.97. The van der Waals surface area contributed by atoms with Gasteiger partial charge in [0, 0.05) is 10.0 Å². The monoisotopic (exact) mass is 358 g/mol. The summed E-state index contributed by atoms with van der Waals surface area (Å²) in [4.78, 5) is 0. The molecule has 4 heteroatoms. The molecule has 0 spiro atoms. The molecule has 0 heterocycles. The van der Waals surface area contributed by atoms with Crippen LogP contribution in [0, 0.1) is 0 Å². The second kappa shape index (κ2) is 8.09. The zero-order chi connectivity index (χ0) is 16.8. The van der Waals surface area contributed by atoms with Crippen LogP contribution in [0.2, 0.25) is 10.0 Å². The third-order valence-electron chi connectivity index (χ3n) is 3.46. The molecule has 0 unspecified atom stereocenters. The SMILES string of the molecule is Clc1ccc(OCc2ccc(COc3ccc(Cl)cc3)cc2)cc1. The van der Waals surface area contributed by atoms with Crippen LogP contribution in [0.4, 0.5) is 0 Å². The van der Waals surface area contributed by atoms with Gasteiger partial charge in [0.1, 0.15) is 24.7 Å². The fraction of sp³-hybridized carbons (Fsp3) is 0.100. The van der Waals surface area contributed by atoms with Gasteiger partial charge >= 0.3 is 0 Å². The maximum absolute atomic E-state index is 5.85. The predicted molar refractivity (Wildman–Crippen MR) is 98.0 cm³/mol. The molecule has 0 aliphatic heterocycles. The first-order chi connectivity index (χ1) is 11.7. The summed E-state index contributed by atoms with van der Waals surface area (Å²) in [6.45, 7) is 1.03. The minimum Gasteiger partial charge on any atom is -0.489 e. The number of hydrogen-bond donors (Lipinski definition) is 0. The third kappa shape index (κ3) is 4.92. The van der Waals surface area contributed by atoms with Gasteiger partial charge < -0.3 is 9.47 Å². The highest BCUT2D eigenvalue weighted by Crippen LogP contribution is 2.18. The molecule has 0 aliphatic rings. The van der Waals surface area contributed by atoms with Gasteiger partial charge in [0.05, 0.1) is 0 Å². The maximum atomic E-state index is 5.85. The lowest BCUT2D eigenvalue weighted by Gasteiger charge is -2.09. The van der Waals surface area contributed by atoms with E-state index in [4.69, 9.17) is 32.7 Å². The van der Waals surface area contributed by atoms with Crippen molar-refractivity contribution in [3.8, 4) is 11.5 Å². The number of benzene rings is 3. The first kappa shape index (κ1) is 16.7. The van der Waals surface area contributed by atoms with E-state index in [1.165, 1.54) is 0 Å². The van der Waals surface area contributed by atoms with Gasteiger partial charge in [-0.05, 0) is 59.7 Å². The lowest BCUT2D eigenvalue weighted by Crippen LogP contribution is -1.98. The van der Waals surface area contributed by atoms with E-state index in [9.17, 15) is 0 Å². The molecule has 0 aliphatic carbocycles. The molecule has 3 aromatic rings. The van der Waals surface area contributed by atoms with Crippen LogP contribution in [0.3, 0.4) is 0 Å². The highest BCUT2D eigenvalue weighted by molar-refractivity contribution is 6.30. The van der Waals surface area contributed by atoms with Crippen molar-refractivity contribution < 1.29 is 9.47 Å². The van der Waals surface area contributed by atoms with Crippen LogP contribution < -0.4 is 9.47 Å². The van der Waals surface area contributed by atoms with Crippen LogP contribution in [-0.4, -0.2) is 0 Å². The summed E-state index contributed by atoms with van der Waals surface area (Å²) < 4.78 is 11.5. The normalized spacial score (nSPS) is 10.4. The second-order valence-corrected chi connectivity index (χ2v) is 6.17. The van der Waals surface area contributed by atoms with Gasteiger partial charge in [-0.2, -0.15) is 0 Å². The predicted octanol–water partition coefficient (Wildman–Crippen LogP) is 6.15. The van der Waals surface area contributed by atoms with E-state index in [1.54, 1.807) is 0 Å². The summed E-state index contributed by atoms with van der Waals surface area (Å²) in [5.41, 5.74) is 2.19. The first-order valence-electron chi connectivity index (χ1n) is 7.53. The van der Waals surface area contributed by atoms with Gasteiger partial charge in [-0.25, -0.2) is 0 Å². The van der Waals surface area contributed by atoms with Crippen LogP contribution in [0.1, 0.15) is 11.1 Å². The molecule has 0 radical (unpaired) electrons. The quantitative estimate of drug-likeness (QED) is 0.525. The van der Waals surface area contributed by atoms with E-state index in [2.05, 4.69) is 0 Å². The van der Waals surface area contributed by atoms with Crippen molar-refractivity contribution >= 4 is 23.2 Å². The second-order valence-electron chi connectivity index (χ2n) is 5.30. The number of rotatable bonds is 6. The lowest BCUT2D eigenvalue weighted by molar-refractivity contribution is 0.302. The summed E-state index contributed by atoms with van der Waals surface area (Å²) in [5.74, 6) is 1.60. The Morgan fingerprint density at radius 2 is 0.833 bits per heavy atom. The fourth-order valence-electron chi connectivity index (χ4n) is 2.13. The molecule has 0 amide bonds. The molecule has 0 bridgehead atoms. The average molecular weight is 359 g/mol. The minimum absolute atomic E-state index is 0.514. The van der Waals surface area contributed by atoms with Crippen molar-refractivity contribution in [2.75, 3.05) is 0 Å². The Balaban J connectivity index is 1.51. The fourth-order valence-corrected chi connectivity index (χ4v) is 2.38. The molecule has 0 aromatic heterocycles. The van der Waals surface area contributed by atoms with Crippen LogP contribution in [0.5, 0.6) is 11.5 Å². The highest BCUT2D eigenvalue weighted by atomic mass is 35.5. The van der Waals surface area contributed by atoms with Crippen molar-refractivity contribution in [1.82, 2.24) is 0 Å². The van der Waals surface area contributed by atoms with E-state index in [1.807, 2.05) is 72.8 Å². The van der Waals surface area contributed by atoms with Crippen molar-refractivity contribution in [2.24, 2.45) is 0 Å². The topological polar surface area (TPSA) is 18.5 Å². The van der Waals surface area contributed by atoms with Crippen molar-refractivity contribution in [3.05, 3.63) is 94.0 Å². The number of hydrogen-bond acceptors (Lipinski definition) is 2. The minimum atomic E-state index is 0.514. The van der Waals surface area contributed by atoms with Crippen molar-refractivity contribution in [3.63, 3.8) is 0 Å². The molecular weight excluding hydrogens is 343 g/mol. The Morgan fingerprint density at radius 1 is 0.500 bits per heavy atom. The Hall–Kier alpha value is -2.16. The van der Waals surface area contributed by atoms with Gasteiger partial charge in [0.2, 0.25) is 0 Å². The molecule has 0 fully saturated rings. The Kier molecular flexibility index (Phi) is 5.63. The van der Waals surface area contributed by atoms with Gasteiger partial charge in [0.15, 0.2) is 0 Å². The largest absolute Gasteiger partial charge is 0.489 e. The Labute approximate surface area is 151 Å². The Morgan fingerprint density at radius 3 is 1.17 bits per heavy atom. The van der Waals surface area contributed by atoms with Crippen LogP contribution in [0.15, 0.2) is 72.8 Å². The van der Waals surface area contributed by atoms with Crippen molar-refractivity contribution in [1.29, 1.82) is 0 Å². The zero-order valence-electron chi connectivity index (χ0n) is 12.9. The van der Waals surface area contributed by atoms with Gasteiger partial charge in [-0.15, -0.1) is 0 Å². The molecule has 3 rings (SSSR count).